The Hall–Kier alpha value is -2.14. The minimum atomic E-state index is 0.0836. The third-order valence-corrected chi connectivity index (χ3v) is 5.32. The van der Waals surface area contributed by atoms with E-state index in [1.807, 2.05) is 0 Å². The third kappa shape index (κ3) is 3.98. The van der Waals surface area contributed by atoms with Gasteiger partial charge in [0.2, 0.25) is 0 Å². The molecule has 2 N–H and O–H groups in total. The molecule has 0 bridgehead atoms. The smallest absolute Gasteiger partial charge is 0.180 e. The molecule has 1 aliphatic rings. The van der Waals surface area contributed by atoms with Gasteiger partial charge in [-0.1, -0.05) is 12.1 Å². The van der Waals surface area contributed by atoms with Crippen LogP contribution in [0.1, 0.15) is 53.1 Å². The fourth-order valence-corrected chi connectivity index (χ4v) is 3.73. The summed E-state index contributed by atoms with van der Waals surface area (Å²) in [5, 5.41) is 11.6. The number of aryl methyl sites for hydroxylation is 1. The lowest BCUT2D eigenvalue weighted by molar-refractivity contribution is 0.101. The van der Waals surface area contributed by atoms with Gasteiger partial charge in [-0.25, -0.2) is 0 Å². The summed E-state index contributed by atoms with van der Waals surface area (Å²) < 4.78 is 2.05. The zero-order chi connectivity index (χ0) is 18.7. The monoisotopic (exact) mass is 354 g/mol. The van der Waals surface area contributed by atoms with Crippen molar-refractivity contribution in [2.45, 2.75) is 59.5 Å². The van der Waals surface area contributed by atoms with Crippen LogP contribution in [0, 0.1) is 13.8 Å². The maximum atomic E-state index is 11.8. The Morgan fingerprint density at radius 3 is 2.85 bits per heavy atom. The highest BCUT2D eigenvalue weighted by atomic mass is 16.1. The van der Waals surface area contributed by atoms with Crippen LogP contribution in [0.15, 0.2) is 18.2 Å². The molecular weight excluding hydrogens is 324 g/mol. The summed E-state index contributed by atoms with van der Waals surface area (Å²) in [5.41, 5.74) is 6.95. The first-order valence-corrected chi connectivity index (χ1v) is 9.60. The van der Waals surface area contributed by atoms with Crippen molar-refractivity contribution in [1.82, 2.24) is 15.1 Å². The van der Waals surface area contributed by atoms with E-state index in [0.29, 0.717) is 11.7 Å². The van der Waals surface area contributed by atoms with Crippen molar-refractivity contribution >= 4 is 11.5 Å². The van der Waals surface area contributed by atoms with Gasteiger partial charge in [-0.15, -0.1) is 0 Å². The molecule has 1 heterocycles. The van der Waals surface area contributed by atoms with Gasteiger partial charge in [0.05, 0.1) is 6.54 Å². The van der Waals surface area contributed by atoms with Crippen molar-refractivity contribution in [1.29, 1.82) is 0 Å². The van der Waals surface area contributed by atoms with Crippen LogP contribution in [0.5, 0.6) is 0 Å². The van der Waals surface area contributed by atoms with Gasteiger partial charge in [0, 0.05) is 43.0 Å². The molecule has 0 saturated carbocycles. The van der Waals surface area contributed by atoms with E-state index >= 15 is 0 Å². The maximum absolute atomic E-state index is 11.8. The Balaban J connectivity index is 1.51. The molecule has 3 rings (SSSR count). The van der Waals surface area contributed by atoms with E-state index in [-0.39, 0.29) is 5.78 Å². The molecule has 1 atom stereocenters. The molecule has 0 aliphatic heterocycles. The van der Waals surface area contributed by atoms with E-state index in [0.717, 1.165) is 38.9 Å². The predicted molar refractivity (Wildman–Crippen MR) is 106 cm³/mol. The Labute approximate surface area is 156 Å². The molecule has 26 heavy (non-hydrogen) atoms. The number of nitrogens with zero attached hydrogens (tertiary/aromatic N) is 2. The zero-order valence-corrected chi connectivity index (χ0v) is 16.4. The molecule has 2 aromatic rings. The number of anilines is 1. The minimum absolute atomic E-state index is 0.0836. The van der Waals surface area contributed by atoms with Crippen molar-refractivity contribution < 1.29 is 4.79 Å². The fourth-order valence-electron chi connectivity index (χ4n) is 3.73. The molecule has 1 unspecified atom stereocenters. The number of fused-ring (bicyclic) bond motifs is 1. The first-order chi connectivity index (χ1) is 12.5. The maximum Gasteiger partial charge on any atom is 0.180 e. The van der Waals surface area contributed by atoms with E-state index in [9.17, 15) is 4.79 Å². The summed E-state index contributed by atoms with van der Waals surface area (Å²) in [6.45, 7) is 10.7. The largest absolute Gasteiger partial charge is 0.384 e. The Bertz CT molecular complexity index is 794. The summed E-state index contributed by atoms with van der Waals surface area (Å²) in [6.07, 6.45) is 3.16. The number of nitrogens with one attached hydrogen (secondary N) is 2. The summed E-state index contributed by atoms with van der Waals surface area (Å²) in [5.74, 6) is 0.0836. The van der Waals surface area contributed by atoms with Crippen LogP contribution in [-0.4, -0.2) is 34.7 Å². The van der Waals surface area contributed by atoms with Crippen LogP contribution < -0.4 is 10.6 Å². The van der Waals surface area contributed by atoms with Crippen LogP contribution in [0.25, 0.3) is 0 Å². The van der Waals surface area contributed by atoms with Crippen molar-refractivity contribution in [2.75, 3.05) is 18.4 Å². The molecule has 0 radical (unpaired) electrons. The van der Waals surface area contributed by atoms with Crippen molar-refractivity contribution in [3.8, 4) is 0 Å². The predicted octanol–water partition coefficient (Wildman–Crippen LogP) is 3.28. The molecule has 0 fully saturated rings. The van der Waals surface area contributed by atoms with E-state index in [1.54, 1.807) is 6.92 Å². The topological polar surface area (TPSA) is 59.0 Å². The van der Waals surface area contributed by atoms with Gasteiger partial charge in [0.1, 0.15) is 5.69 Å². The number of carbonyl (C=O) groups is 1. The second-order valence-corrected chi connectivity index (χ2v) is 7.40. The first-order valence-electron chi connectivity index (χ1n) is 9.60. The second kappa shape index (κ2) is 8.04. The number of hydrogen-bond acceptors (Lipinski definition) is 4. The van der Waals surface area contributed by atoms with Crippen molar-refractivity contribution in [2.24, 2.45) is 0 Å². The van der Waals surface area contributed by atoms with Crippen LogP contribution >= 0.6 is 0 Å². The van der Waals surface area contributed by atoms with E-state index in [2.05, 4.69) is 59.4 Å². The average molecular weight is 354 g/mol. The zero-order valence-electron chi connectivity index (χ0n) is 16.4. The number of aromatic nitrogens is 2. The summed E-state index contributed by atoms with van der Waals surface area (Å²) >= 11 is 0. The highest BCUT2D eigenvalue weighted by Crippen LogP contribution is 2.25. The molecule has 0 spiro atoms. The highest BCUT2D eigenvalue weighted by molar-refractivity contribution is 5.94. The van der Waals surface area contributed by atoms with Crippen LogP contribution in [0.4, 0.5) is 5.69 Å². The van der Waals surface area contributed by atoms with E-state index < -0.39 is 0 Å². The normalized spacial score (nSPS) is 14.3. The lowest BCUT2D eigenvalue weighted by atomic mass is 10.1. The quantitative estimate of drug-likeness (QED) is 0.564. The Morgan fingerprint density at radius 1 is 1.27 bits per heavy atom. The number of Topliss-reactive ketones (excluding diaryl/α,β-unsaturated/α-hetero) is 1. The number of rotatable bonds is 8. The van der Waals surface area contributed by atoms with Gasteiger partial charge in [-0.2, -0.15) is 5.10 Å². The standard InChI is InChI=1S/C21H30N4O/c1-14-7-5-9-19(16(14)3)23-12-11-22-15(2)13-25-20-10-6-8-18(20)21(24-25)17(4)26/h5,7,9,15,22-23H,6,8,10-13H2,1-4H3. The number of ketones is 1. The second-order valence-electron chi connectivity index (χ2n) is 7.40. The van der Waals surface area contributed by atoms with E-state index in [1.165, 1.54) is 28.1 Å². The molecular formula is C21H30N4O. The minimum Gasteiger partial charge on any atom is -0.384 e. The van der Waals surface area contributed by atoms with Gasteiger partial charge in [-0.3, -0.25) is 9.48 Å². The van der Waals surface area contributed by atoms with E-state index in [4.69, 9.17) is 0 Å². The molecule has 1 aromatic heterocycles. The van der Waals surface area contributed by atoms with Gasteiger partial charge in [-0.05, 0) is 57.2 Å². The van der Waals surface area contributed by atoms with Gasteiger partial charge in [0.25, 0.3) is 0 Å². The number of carbonyl (C=O) groups excluding carboxylic acids is 1. The molecule has 1 aliphatic carbocycles. The molecule has 140 valence electrons. The van der Waals surface area contributed by atoms with Gasteiger partial charge in [0.15, 0.2) is 5.78 Å². The molecule has 0 saturated heterocycles. The molecule has 0 amide bonds. The summed E-state index contributed by atoms with van der Waals surface area (Å²) in [4.78, 5) is 11.8. The molecule has 5 nitrogen and oxygen atoms in total. The fraction of sp³-hybridized carbons (Fsp3) is 0.524. The van der Waals surface area contributed by atoms with Crippen LogP contribution in [-0.2, 0) is 19.4 Å². The summed E-state index contributed by atoms with van der Waals surface area (Å²) in [7, 11) is 0. The highest BCUT2D eigenvalue weighted by Gasteiger charge is 2.24. The van der Waals surface area contributed by atoms with Crippen molar-refractivity contribution in [3.63, 3.8) is 0 Å². The Kier molecular flexibility index (Phi) is 5.77. The van der Waals surface area contributed by atoms with Crippen LogP contribution in [0.3, 0.4) is 0 Å². The third-order valence-electron chi connectivity index (χ3n) is 5.32. The Morgan fingerprint density at radius 2 is 2.08 bits per heavy atom. The van der Waals surface area contributed by atoms with Gasteiger partial charge < -0.3 is 10.6 Å². The average Bonchev–Trinajstić information content (AvgIpc) is 3.19. The van der Waals surface area contributed by atoms with Crippen LogP contribution in [0.2, 0.25) is 0 Å². The first kappa shape index (κ1) is 18.6. The van der Waals surface area contributed by atoms with Gasteiger partial charge >= 0.3 is 0 Å². The lowest BCUT2D eigenvalue weighted by Crippen LogP contribution is -2.34. The van der Waals surface area contributed by atoms with Crippen molar-refractivity contribution in [3.05, 3.63) is 46.3 Å². The summed E-state index contributed by atoms with van der Waals surface area (Å²) in [6, 6.07) is 6.66. The molecule has 5 heteroatoms. The molecule has 1 aromatic carbocycles. The number of benzene rings is 1. The number of hydrogen-bond donors (Lipinski definition) is 2. The lowest BCUT2D eigenvalue weighted by Gasteiger charge is -2.17. The SMILES string of the molecule is CC(=O)c1nn(CC(C)NCCNc2cccc(C)c2C)c2c1CCC2.